The van der Waals surface area contributed by atoms with Crippen LogP contribution >= 0.6 is 0 Å². The first-order valence-corrected chi connectivity index (χ1v) is 6.74. The summed E-state index contributed by atoms with van der Waals surface area (Å²) in [6.45, 7) is 7.98. The highest BCUT2D eigenvalue weighted by Crippen LogP contribution is 2.29. The van der Waals surface area contributed by atoms with E-state index in [9.17, 15) is 8.42 Å². The molecule has 5 nitrogen and oxygen atoms in total. The largest absolute Gasteiger partial charge is 0.367 e. The summed E-state index contributed by atoms with van der Waals surface area (Å²) in [6.07, 6.45) is 0. The van der Waals surface area contributed by atoms with Crippen molar-refractivity contribution in [1.29, 1.82) is 5.26 Å². The summed E-state index contributed by atoms with van der Waals surface area (Å²) in [6, 6.07) is 1.69. The van der Waals surface area contributed by atoms with Gasteiger partial charge in [0.05, 0.1) is 17.3 Å². The zero-order valence-corrected chi connectivity index (χ0v) is 11.0. The third-order valence-electron chi connectivity index (χ3n) is 2.31. The number of nitrogens with zero attached hydrogens (tertiary/aromatic N) is 2. The Balaban J connectivity index is 2.96. The predicted molar refractivity (Wildman–Crippen MR) is 60.2 cm³/mol. The minimum atomic E-state index is -3.48. The van der Waals surface area contributed by atoms with Crippen LogP contribution in [0.1, 0.15) is 27.7 Å². The molecule has 0 aromatic heterocycles. The van der Waals surface area contributed by atoms with Crippen molar-refractivity contribution in [2.45, 2.75) is 38.9 Å². The van der Waals surface area contributed by atoms with Crippen LogP contribution in [-0.2, 0) is 14.8 Å². The molecule has 0 aliphatic carbocycles. The Morgan fingerprint density at radius 3 is 2.06 bits per heavy atom. The second-order valence-corrected chi connectivity index (χ2v) is 7.27. The first-order valence-electron chi connectivity index (χ1n) is 5.13. The van der Waals surface area contributed by atoms with Crippen LogP contribution < -0.4 is 0 Å². The molecule has 1 aliphatic heterocycles. The van der Waals surface area contributed by atoms with Crippen LogP contribution in [0.15, 0.2) is 0 Å². The lowest BCUT2D eigenvalue weighted by Crippen LogP contribution is -2.58. The third kappa shape index (κ3) is 3.17. The average Bonchev–Trinajstić information content (AvgIpc) is 1.97. The van der Waals surface area contributed by atoms with E-state index >= 15 is 0 Å². The van der Waals surface area contributed by atoms with Gasteiger partial charge in [-0.1, -0.05) is 0 Å². The first-order chi connectivity index (χ1) is 7.08. The molecule has 0 aromatic rings. The molecule has 1 saturated heterocycles. The Bertz CT molecular complexity index is 390. The lowest BCUT2D eigenvalue weighted by atomic mass is 10.0. The van der Waals surface area contributed by atoms with E-state index in [1.54, 1.807) is 6.07 Å². The van der Waals surface area contributed by atoms with E-state index in [4.69, 9.17) is 10.00 Å². The topological polar surface area (TPSA) is 70.4 Å². The van der Waals surface area contributed by atoms with Gasteiger partial charge in [-0.25, -0.2) is 8.42 Å². The molecule has 1 fully saturated rings. The van der Waals surface area contributed by atoms with Gasteiger partial charge in [-0.05, 0) is 27.7 Å². The molecular weight excluding hydrogens is 228 g/mol. The summed E-state index contributed by atoms with van der Waals surface area (Å²) in [7, 11) is -3.48. The lowest BCUT2D eigenvalue weighted by Gasteiger charge is -2.46. The van der Waals surface area contributed by atoms with E-state index in [1.807, 2.05) is 27.7 Å². The van der Waals surface area contributed by atoms with Gasteiger partial charge in [0.2, 0.25) is 10.0 Å². The quantitative estimate of drug-likeness (QED) is 0.720. The summed E-state index contributed by atoms with van der Waals surface area (Å²) >= 11 is 0. The van der Waals surface area contributed by atoms with Crippen LogP contribution in [0.4, 0.5) is 0 Å². The second kappa shape index (κ2) is 3.99. The Morgan fingerprint density at radius 2 is 1.69 bits per heavy atom. The Labute approximate surface area is 97.0 Å². The molecule has 92 valence electrons. The Kier molecular flexibility index (Phi) is 3.34. The minimum absolute atomic E-state index is 0.292. The van der Waals surface area contributed by atoms with Crippen molar-refractivity contribution in [1.82, 2.24) is 4.31 Å². The van der Waals surface area contributed by atoms with Crippen LogP contribution in [0.5, 0.6) is 0 Å². The van der Waals surface area contributed by atoms with Crippen LogP contribution in [0.25, 0.3) is 0 Å². The molecule has 0 radical (unpaired) electrons. The van der Waals surface area contributed by atoms with E-state index in [-0.39, 0.29) is 0 Å². The molecule has 16 heavy (non-hydrogen) atoms. The molecule has 0 spiro atoms. The smallest absolute Gasteiger partial charge is 0.227 e. The van der Waals surface area contributed by atoms with Gasteiger partial charge in [0.25, 0.3) is 0 Å². The number of hydrogen-bond donors (Lipinski definition) is 0. The highest BCUT2D eigenvalue weighted by atomic mass is 32.2. The van der Waals surface area contributed by atoms with Crippen molar-refractivity contribution in [2.24, 2.45) is 0 Å². The predicted octanol–water partition coefficient (Wildman–Crippen LogP) is 0.729. The minimum Gasteiger partial charge on any atom is -0.367 e. The number of ether oxygens (including phenoxy) is 1. The van der Waals surface area contributed by atoms with E-state index in [2.05, 4.69) is 0 Å². The van der Waals surface area contributed by atoms with E-state index in [0.29, 0.717) is 13.1 Å². The normalized spacial score (nSPS) is 24.9. The monoisotopic (exact) mass is 246 g/mol. The van der Waals surface area contributed by atoms with Gasteiger partial charge in [-0.2, -0.15) is 9.57 Å². The molecule has 1 rings (SSSR count). The Morgan fingerprint density at radius 1 is 1.25 bits per heavy atom. The molecule has 0 bridgehead atoms. The molecule has 0 amide bonds. The summed E-state index contributed by atoms with van der Waals surface area (Å²) in [5.74, 6) is -0.473. The zero-order chi connectivity index (χ0) is 12.6. The summed E-state index contributed by atoms with van der Waals surface area (Å²) in [5.41, 5.74) is -1.05. The lowest BCUT2D eigenvalue weighted by molar-refractivity contribution is -0.163. The number of sulfonamides is 1. The highest BCUT2D eigenvalue weighted by molar-refractivity contribution is 7.89. The van der Waals surface area contributed by atoms with Gasteiger partial charge in [0, 0.05) is 13.1 Å². The standard InChI is InChI=1S/C10H18N2O3S/c1-9(2)7-12(8-10(3,4)15-9)16(13,14)6-5-11/h6-8H2,1-4H3. The van der Waals surface area contributed by atoms with Gasteiger partial charge in [-0.15, -0.1) is 0 Å². The van der Waals surface area contributed by atoms with Crippen molar-refractivity contribution in [2.75, 3.05) is 18.8 Å². The molecule has 6 heteroatoms. The fourth-order valence-electron chi connectivity index (χ4n) is 2.09. The second-order valence-electron chi connectivity index (χ2n) is 5.30. The first kappa shape index (κ1) is 13.4. The van der Waals surface area contributed by atoms with Gasteiger partial charge in [0.1, 0.15) is 0 Å². The average molecular weight is 246 g/mol. The summed E-state index contributed by atoms with van der Waals surface area (Å²) in [5, 5.41) is 8.51. The molecular formula is C10H18N2O3S. The number of rotatable bonds is 2. The maximum atomic E-state index is 11.8. The molecule has 0 unspecified atom stereocenters. The summed E-state index contributed by atoms with van der Waals surface area (Å²) in [4.78, 5) is 0. The van der Waals surface area contributed by atoms with Crippen molar-refractivity contribution in [3.8, 4) is 6.07 Å². The van der Waals surface area contributed by atoms with Crippen LogP contribution in [0.3, 0.4) is 0 Å². The van der Waals surface area contributed by atoms with Crippen molar-refractivity contribution < 1.29 is 13.2 Å². The molecule has 1 aliphatic rings. The van der Waals surface area contributed by atoms with E-state index in [1.165, 1.54) is 4.31 Å². The molecule has 0 aromatic carbocycles. The number of morpholine rings is 1. The molecule has 0 atom stereocenters. The van der Waals surface area contributed by atoms with Gasteiger partial charge < -0.3 is 4.74 Å². The highest BCUT2D eigenvalue weighted by Gasteiger charge is 2.42. The van der Waals surface area contributed by atoms with Crippen LogP contribution in [-0.4, -0.2) is 42.8 Å². The van der Waals surface area contributed by atoms with Crippen LogP contribution in [0.2, 0.25) is 0 Å². The number of nitriles is 1. The van der Waals surface area contributed by atoms with E-state index < -0.39 is 27.0 Å². The molecule has 1 heterocycles. The Hall–Kier alpha value is -0.640. The maximum absolute atomic E-state index is 11.8. The molecule has 0 N–H and O–H groups in total. The van der Waals surface area contributed by atoms with Gasteiger partial charge >= 0.3 is 0 Å². The third-order valence-corrected chi connectivity index (χ3v) is 3.85. The van der Waals surface area contributed by atoms with Crippen molar-refractivity contribution in [3.63, 3.8) is 0 Å². The zero-order valence-electron chi connectivity index (χ0n) is 10.1. The maximum Gasteiger partial charge on any atom is 0.227 e. The van der Waals surface area contributed by atoms with Crippen molar-refractivity contribution in [3.05, 3.63) is 0 Å². The number of hydrogen-bond acceptors (Lipinski definition) is 4. The van der Waals surface area contributed by atoms with Crippen LogP contribution in [0, 0.1) is 11.3 Å². The van der Waals surface area contributed by atoms with Gasteiger partial charge in [-0.3, -0.25) is 0 Å². The fourth-order valence-corrected chi connectivity index (χ4v) is 3.45. The summed E-state index contributed by atoms with van der Waals surface area (Å²) < 4.78 is 30.7. The molecule has 0 saturated carbocycles. The van der Waals surface area contributed by atoms with Gasteiger partial charge in [0.15, 0.2) is 5.75 Å². The fraction of sp³-hybridized carbons (Fsp3) is 0.900. The SMILES string of the molecule is CC1(C)CN(S(=O)(=O)CC#N)CC(C)(C)O1. The van der Waals surface area contributed by atoms with Crippen molar-refractivity contribution >= 4 is 10.0 Å². The van der Waals surface area contributed by atoms with E-state index in [0.717, 1.165) is 0 Å².